The lowest BCUT2D eigenvalue weighted by Gasteiger charge is -2.05. The van der Waals surface area contributed by atoms with Crippen LogP contribution in [0.4, 0.5) is 5.69 Å². The molecule has 3 nitrogen and oxygen atoms in total. The Morgan fingerprint density at radius 1 is 1.50 bits per heavy atom. The van der Waals surface area contributed by atoms with Gasteiger partial charge in [0, 0.05) is 5.69 Å². The molecule has 0 saturated carbocycles. The third-order valence-electron chi connectivity index (χ3n) is 2.12. The zero-order valence-corrected chi connectivity index (χ0v) is 9.01. The Kier molecular flexibility index (Phi) is 4.10. The van der Waals surface area contributed by atoms with Gasteiger partial charge in [0.1, 0.15) is 0 Å². The van der Waals surface area contributed by atoms with Crippen LogP contribution in [0.1, 0.15) is 25.3 Å². The fourth-order valence-electron chi connectivity index (χ4n) is 1.27. The number of hydrogen-bond acceptors (Lipinski definition) is 2. The third-order valence-corrected chi connectivity index (χ3v) is 2.77. The lowest BCUT2D eigenvalue weighted by molar-refractivity contribution is 0.564. The largest absolute Gasteiger partial charge is 0.399 e. The number of nitrogens with two attached hydrogens (primary N) is 1. The van der Waals surface area contributed by atoms with E-state index in [-0.39, 0.29) is 0 Å². The van der Waals surface area contributed by atoms with E-state index in [1.807, 2.05) is 0 Å². The lowest BCUT2D eigenvalue weighted by Crippen LogP contribution is -1.97. The molecular weight excluding hydrogens is 198 g/mol. The maximum atomic E-state index is 10.8. The van der Waals surface area contributed by atoms with Crippen LogP contribution >= 0.6 is 0 Å². The van der Waals surface area contributed by atoms with Crippen molar-refractivity contribution in [3.8, 4) is 0 Å². The molecule has 0 aliphatic rings. The maximum Gasteiger partial charge on any atom is 0.186 e. The smallest absolute Gasteiger partial charge is 0.186 e. The van der Waals surface area contributed by atoms with Crippen LogP contribution in [0.25, 0.3) is 0 Å². The molecule has 78 valence electrons. The molecule has 0 aromatic heterocycles. The first-order chi connectivity index (χ1) is 6.65. The van der Waals surface area contributed by atoms with E-state index in [9.17, 15) is 4.21 Å². The highest BCUT2D eigenvalue weighted by atomic mass is 32.2. The Morgan fingerprint density at radius 2 is 2.21 bits per heavy atom. The van der Waals surface area contributed by atoms with Crippen molar-refractivity contribution in [2.24, 2.45) is 0 Å². The fourth-order valence-corrected chi connectivity index (χ4v) is 1.70. The summed E-state index contributed by atoms with van der Waals surface area (Å²) in [7, 11) is 0. The van der Waals surface area contributed by atoms with Crippen molar-refractivity contribution in [1.82, 2.24) is 0 Å². The second-order valence-electron chi connectivity index (χ2n) is 3.21. The molecule has 1 aromatic carbocycles. The standard InChI is InChI=1S/C10H15NO2S/c1-2-3-4-8-7-9(14(12)13)5-6-10(8)11/h5-7H,2-4,11H2,1H3,(H,12,13). The number of aryl methyl sites for hydroxylation is 1. The topological polar surface area (TPSA) is 63.3 Å². The highest BCUT2D eigenvalue weighted by molar-refractivity contribution is 7.79. The summed E-state index contributed by atoms with van der Waals surface area (Å²) in [5.41, 5.74) is 7.42. The molecule has 0 bridgehead atoms. The molecule has 3 N–H and O–H groups in total. The Morgan fingerprint density at radius 3 is 2.79 bits per heavy atom. The summed E-state index contributed by atoms with van der Waals surface area (Å²) in [6, 6.07) is 4.98. The van der Waals surface area contributed by atoms with Crippen molar-refractivity contribution in [3.63, 3.8) is 0 Å². The minimum atomic E-state index is -1.91. The summed E-state index contributed by atoms with van der Waals surface area (Å²) in [4.78, 5) is 0.422. The van der Waals surface area contributed by atoms with E-state index in [0.29, 0.717) is 10.6 Å². The van der Waals surface area contributed by atoms with E-state index in [1.54, 1.807) is 18.2 Å². The van der Waals surface area contributed by atoms with Gasteiger partial charge in [-0.1, -0.05) is 13.3 Å². The minimum Gasteiger partial charge on any atom is -0.399 e. The predicted molar refractivity (Wildman–Crippen MR) is 58.5 cm³/mol. The molecule has 0 heterocycles. The number of rotatable bonds is 4. The van der Waals surface area contributed by atoms with Crippen LogP contribution in [-0.2, 0) is 17.5 Å². The SMILES string of the molecule is CCCCc1cc(S(=O)O)ccc1N. The molecule has 4 heteroatoms. The normalized spacial score (nSPS) is 12.7. The monoisotopic (exact) mass is 213 g/mol. The average Bonchev–Trinajstić information content (AvgIpc) is 2.16. The Hall–Kier alpha value is -0.870. The summed E-state index contributed by atoms with van der Waals surface area (Å²) < 4.78 is 19.7. The van der Waals surface area contributed by atoms with Crippen LogP contribution in [-0.4, -0.2) is 8.76 Å². The molecule has 14 heavy (non-hydrogen) atoms. The summed E-state index contributed by atoms with van der Waals surface area (Å²) in [5.74, 6) is 0. The number of anilines is 1. The molecule has 0 saturated heterocycles. The maximum absolute atomic E-state index is 10.8. The van der Waals surface area contributed by atoms with Crippen molar-refractivity contribution in [3.05, 3.63) is 23.8 Å². The molecule has 0 amide bonds. The second-order valence-corrected chi connectivity index (χ2v) is 4.18. The van der Waals surface area contributed by atoms with Crippen LogP contribution in [0.3, 0.4) is 0 Å². The molecule has 1 aromatic rings. The fraction of sp³-hybridized carbons (Fsp3) is 0.400. The van der Waals surface area contributed by atoms with Crippen molar-refractivity contribution in [2.75, 3.05) is 5.73 Å². The Bertz CT molecular complexity index is 339. The molecule has 0 radical (unpaired) electrons. The molecule has 1 atom stereocenters. The number of hydrogen-bond donors (Lipinski definition) is 2. The van der Waals surface area contributed by atoms with Gasteiger partial charge in [0.25, 0.3) is 0 Å². The Labute approximate surface area is 86.6 Å². The average molecular weight is 213 g/mol. The molecule has 0 aliphatic heterocycles. The molecule has 0 fully saturated rings. The van der Waals surface area contributed by atoms with Crippen molar-refractivity contribution < 1.29 is 8.76 Å². The van der Waals surface area contributed by atoms with Crippen LogP contribution in [0.2, 0.25) is 0 Å². The zero-order valence-electron chi connectivity index (χ0n) is 8.19. The van der Waals surface area contributed by atoms with Gasteiger partial charge in [-0.15, -0.1) is 0 Å². The number of benzene rings is 1. The van der Waals surface area contributed by atoms with E-state index in [4.69, 9.17) is 10.3 Å². The van der Waals surface area contributed by atoms with Crippen molar-refractivity contribution >= 4 is 16.8 Å². The van der Waals surface area contributed by atoms with Gasteiger partial charge in [0.05, 0.1) is 4.90 Å². The summed E-state index contributed by atoms with van der Waals surface area (Å²) in [5, 5.41) is 0. The summed E-state index contributed by atoms with van der Waals surface area (Å²) in [6.07, 6.45) is 3.00. The van der Waals surface area contributed by atoms with Gasteiger partial charge in [0.2, 0.25) is 0 Å². The number of unbranched alkanes of at least 4 members (excludes halogenated alkanes) is 1. The summed E-state index contributed by atoms with van der Waals surface area (Å²) in [6.45, 7) is 2.10. The highest BCUT2D eigenvalue weighted by Gasteiger charge is 2.04. The van der Waals surface area contributed by atoms with Crippen LogP contribution in [0.5, 0.6) is 0 Å². The van der Waals surface area contributed by atoms with Crippen LogP contribution < -0.4 is 5.73 Å². The first-order valence-corrected chi connectivity index (χ1v) is 5.75. The lowest BCUT2D eigenvalue weighted by atomic mass is 10.1. The van der Waals surface area contributed by atoms with Gasteiger partial charge < -0.3 is 10.3 Å². The first kappa shape index (κ1) is 11.2. The summed E-state index contributed by atoms with van der Waals surface area (Å²) >= 11 is -1.91. The molecule has 1 rings (SSSR count). The van der Waals surface area contributed by atoms with Crippen molar-refractivity contribution in [1.29, 1.82) is 0 Å². The predicted octanol–water partition coefficient (Wildman–Crippen LogP) is 2.19. The number of nitrogen functional groups attached to an aromatic ring is 1. The second kappa shape index (κ2) is 5.12. The molecular formula is C10H15NO2S. The van der Waals surface area contributed by atoms with Crippen molar-refractivity contribution in [2.45, 2.75) is 31.1 Å². The highest BCUT2D eigenvalue weighted by Crippen LogP contribution is 2.18. The van der Waals surface area contributed by atoms with E-state index >= 15 is 0 Å². The first-order valence-electron chi connectivity index (χ1n) is 4.64. The zero-order chi connectivity index (χ0) is 10.6. The van der Waals surface area contributed by atoms with Gasteiger partial charge in [-0.25, -0.2) is 4.21 Å². The van der Waals surface area contributed by atoms with E-state index in [1.165, 1.54) is 0 Å². The Balaban J connectivity index is 2.90. The van der Waals surface area contributed by atoms with E-state index in [2.05, 4.69) is 6.92 Å². The van der Waals surface area contributed by atoms with Gasteiger partial charge in [-0.3, -0.25) is 0 Å². The minimum absolute atomic E-state index is 0.422. The third kappa shape index (κ3) is 2.82. The van der Waals surface area contributed by atoms with E-state index < -0.39 is 11.1 Å². The van der Waals surface area contributed by atoms with Gasteiger partial charge in [0.15, 0.2) is 11.1 Å². The molecule has 0 aliphatic carbocycles. The van der Waals surface area contributed by atoms with Gasteiger partial charge >= 0.3 is 0 Å². The van der Waals surface area contributed by atoms with Gasteiger partial charge in [-0.05, 0) is 36.6 Å². The molecule has 1 unspecified atom stereocenters. The van der Waals surface area contributed by atoms with E-state index in [0.717, 1.165) is 24.8 Å². The molecule has 0 spiro atoms. The van der Waals surface area contributed by atoms with Crippen LogP contribution in [0, 0.1) is 0 Å². The quantitative estimate of drug-likeness (QED) is 0.595. The van der Waals surface area contributed by atoms with Crippen LogP contribution in [0.15, 0.2) is 23.1 Å². The van der Waals surface area contributed by atoms with Gasteiger partial charge in [-0.2, -0.15) is 0 Å².